The van der Waals surface area contributed by atoms with Crippen LogP contribution in [-0.2, 0) is 11.3 Å². The fourth-order valence-electron chi connectivity index (χ4n) is 2.76. The lowest BCUT2D eigenvalue weighted by Crippen LogP contribution is -2.24. The van der Waals surface area contributed by atoms with Crippen LogP contribution >= 0.6 is 0 Å². The highest BCUT2D eigenvalue weighted by Gasteiger charge is 2.29. The lowest BCUT2D eigenvalue weighted by molar-refractivity contribution is -0.122. The largest absolute Gasteiger partial charge is 0.352 e. The Morgan fingerprint density at radius 3 is 2.36 bits per heavy atom. The van der Waals surface area contributed by atoms with Gasteiger partial charge in [-0.1, -0.05) is 44.2 Å². The molecule has 0 bridgehead atoms. The Balaban J connectivity index is 1.61. The molecule has 2 aromatic rings. The van der Waals surface area contributed by atoms with Gasteiger partial charge in [-0.2, -0.15) is 0 Å². The molecular formula is C21H24N2O2. The Kier molecular flexibility index (Phi) is 5.17. The van der Waals surface area contributed by atoms with E-state index in [0.717, 1.165) is 29.7 Å². The monoisotopic (exact) mass is 336 g/mol. The standard InChI is InChI=1S/C21H24N2O2/c1-14(2)18-5-3-4-6-19(18)23-21(25)17-9-7-15(8-10-17)13-22-20(24)16-11-12-16/h3-10,14,16H,11-13H2,1-2H3,(H,22,24)(H,23,25). The van der Waals surface area contributed by atoms with Crippen molar-refractivity contribution in [1.29, 1.82) is 0 Å². The van der Waals surface area contributed by atoms with E-state index in [1.807, 2.05) is 36.4 Å². The van der Waals surface area contributed by atoms with Crippen LogP contribution in [0.5, 0.6) is 0 Å². The van der Waals surface area contributed by atoms with Crippen LogP contribution in [0.15, 0.2) is 48.5 Å². The summed E-state index contributed by atoms with van der Waals surface area (Å²) in [4.78, 5) is 24.2. The van der Waals surface area contributed by atoms with E-state index in [1.165, 1.54) is 0 Å². The summed E-state index contributed by atoms with van der Waals surface area (Å²) in [6, 6.07) is 15.2. The third-order valence-electron chi connectivity index (χ3n) is 4.46. The lowest BCUT2D eigenvalue weighted by Gasteiger charge is -2.13. The average molecular weight is 336 g/mol. The molecule has 3 rings (SSSR count). The normalized spacial score (nSPS) is 13.6. The van der Waals surface area contributed by atoms with Gasteiger partial charge in [-0.25, -0.2) is 0 Å². The van der Waals surface area contributed by atoms with Crippen LogP contribution in [0.3, 0.4) is 0 Å². The molecule has 0 heterocycles. The number of hydrogen-bond donors (Lipinski definition) is 2. The van der Waals surface area contributed by atoms with Crippen molar-refractivity contribution in [1.82, 2.24) is 5.32 Å². The van der Waals surface area contributed by atoms with Gasteiger partial charge in [0, 0.05) is 23.7 Å². The Hall–Kier alpha value is -2.62. The molecule has 1 aliphatic rings. The minimum Gasteiger partial charge on any atom is -0.352 e. The van der Waals surface area contributed by atoms with Crippen LogP contribution < -0.4 is 10.6 Å². The maximum atomic E-state index is 12.5. The first-order valence-electron chi connectivity index (χ1n) is 8.81. The van der Waals surface area contributed by atoms with E-state index >= 15 is 0 Å². The van der Waals surface area contributed by atoms with Gasteiger partial charge in [0.15, 0.2) is 0 Å². The molecule has 0 aliphatic heterocycles. The maximum Gasteiger partial charge on any atom is 0.255 e. The second-order valence-electron chi connectivity index (χ2n) is 6.89. The summed E-state index contributed by atoms with van der Waals surface area (Å²) in [7, 11) is 0. The Morgan fingerprint density at radius 2 is 1.72 bits per heavy atom. The van der Waals surface area contributed by atoms with Crippen molar-refractivity contribution in [2.75, 3.05) is 5.32 Å². The molecule has 2 N–H and O–H groups in total. The van der Waals surface area contributed by atoms with Gasteiger partial charge in [0.25, 0.3) is 5.91 Å². The van der Waals surface area contributed by atoms with Crippen molar-refractivity contribution in [2.24, 2.45) is 5.92 Å². The molecule has 1 fully saturated rings. The van der Waals surface area contributed by atoms with Gasteiger partial charge in [0.2, 0.25) is 5.91 Å². The third kappa shape index (κ3) is 4.47. The molecule has 0 unspecified atom stereocenters. The molecule has 2 aromatic carbocycles. The number of hydrogen-bond acceptors (Lipinski definition) is 2. The second-order valence-corrected chi connectivity index (χ2v) is 6.89. The van der Waals surface area contributed by atoms with Crippen LogP contribution in [0.2, 0.25) is 0 Å². The molecule has 1 aliphatic carbocycles. The summed E-state index contributed by atoms with van der Waals surface area (Å²) < 4.78 is 0. The zero-order valence-corrected chi connectivity index (χ0v) is 14.7. The summed E-state index contributed by atoms with van der Waals surface area (Å²) in [5.74, 6) is 0.564. The SMILES string of the molecule is CC(C)c1ccccc1NC(=O)c1ccc(CNC(=O)C2CC2)cc1. The highest BCUT2D eigenvalue weighted by Crippen LogP contribution is 2.28. The van der Waals surface area contributed by atoms with E-state index < -0.39 is 0 Å². The molecule has 0 radical (unpaired) electrons. The van der Waals surface area contributed by atoms with Gasteiger partial charge >= 0.3 is 0 Å². The summed E-state index contributed by atoms with van der Waals surface area (Å²) in [5, 5.41) is 5.92. The minimum absolute atomic E-state index is 0.123. The Labute approximate surface area is 148 Å². The van der Waals surface area contributed by atoms with Crippen molar-refractivity contribution in [3.63, 3.8) is 0 Å². The van der Waals surface area contributed by atoms with E-state index in [2.05, 4.69) is 24.5 Å². The van der Waals surface area contributed by atoms with Crippen LogP contribution in [0, 0.1) is 5.92 Å². The number of carbonyl (C=O) groups excluding carboxylic acids is 2. The molecule has 0 atom stereocenters. The van der Waals surface area contributed by atoms with E-state index in [4.69, 9.17) is 0 Å². The number of anilines is 1. The predicted molar refractivity (Wildman–Crippen MR) is 99.5 cm³/mol. The summed E-state index contributed by atoms with van der Waals surface area (Å²) >= 11 is 0. The predicted octanol–water partition coefficient (Wildman–Crippen LogP) is 4.09. The maximum absolute atomic E-state index is 12.5. The van der Waals surface area contributed by atoms with Crippen molar-refractivity contribution in [2.45, 2.75) is 39.2 Å². The number of nitrogens with one attached hydrogen (secondary N) is 2. The van der Waals surface area contributed by atoms with E-state index in [9.17, 15) is 9.59 Å². The highest BCUT2D eigenvalue weighted by atomic mass is 16.2. The average Bonchev–Trinajstić information content (AvgIpc) is 3.45. The van der Waals surface area contributed by atoms with Gasteiger partial charge in [0.05, 0.1) is 0 Å². The number of carbonyl (C=O) groups is 2. The molecule has 4 nitrogen and oxygen atoms in total. The van der Waals surface area contributed by atoms with Gasteiger partial charge in [-0.05, 0) is 48.1 Å². The molecule has 1 saturated carbocycles. The van der Waals surface area contributed by atoms with E-state index in [1.54, 1.807) is 12.1 Å². The third-order valence-corrected chi connectivity index (χ3v) is 4.46. The zero-order valence-electron chi connectivity index (χ0n) is 14.7. The summed E-state index contributed by atoms with van der Waals surface area (Å²) in [5.41, 5.74) is 3.57. The van der Waals surface area contributed by atoms with Crippen LogP contribution in [0.1, 0.15) is 54.1 Å². The van der Waals surface area contributed by atoms with Crippen molar-refractivity contribution in [3.8, 4) is 0 Å². The fraction of sp³-hybridized carbons (Fsp3) is 0.333. The van der Waals surface area contributed by atoms with Crippen LogP contribution in [0.4, 0.5) is 5.69 Å². The van der Waals surface area contributed by atoms with Gasteiger partial charge in [-0.15, -0.1) is 0 Å². The molecule has 2 amide bonds. The first-order valence-corrected chi connectivity index (χ1v) is 8.81. The number of para-hydroxylation sites is 1. The first-order chi connectivity index (χ1) is 12.0. The molecule has 0 aromatic heterocycles. The van der Waals surface area contributed by atoms with E-state index in [-0.39, 0.29) is 17.7 Å². The number of amides is 2. The van der Waals surface area contributed by atoms with Gasteiger partial charge in [-0.3, -0.25) is 9.59 Å². The minimum atomic E-state index is -0.123. The highest BCUT2D eigenvalue weighted by molar-refractivity contribution is 6.04. The molecule has 130 valence electrons. The lowest BCUT2D eigenvalue weighted by atomic mass is 10.0. The molecule has 0 saturated heterocycles. The Morgan fingerprint density at radius 1 is 1.04 bits per heavy atom. The topological polar surface area (TPSA) is 58.2 Å². The van der Waals surface area contributed by atoms with E-state index in [0.29, 0.717) is 18.0 Å². The fourth-order valence-corrected chi connectivity index (χ4v) is 2.76. The smallest absolute Gasteiger partial charge is 0.255 e. The van der Waals surface area contributed by atoms with Crippen molar-refractivity contribution in [3.05, 3.63) is 65.2 Å². The second kappa shape index (κ2) is 7.51. The number of benzene rings is 2. The summed E-state index contributed by atoms with van der Waals surface area (Å²) in [6.45, 7) is 4.72. The Bertz CT molecular complexity index is 762. The quantitative estimate of drug-likeness (QED) is 0.835. The van der Waals surface area contributed by atoms with Gasteiger partial charge < -0.3 is 10.6 Å². The van der Waals surface area contributed by atoms with Crippen LogP contribution in [0.25, 0.3) is 0 Å². The van der Waals surface area contributed by atoms with Crippen molar-refractivity contribution >= 4 is 17.5 Å². The summed E-state index contributed by atoms with van der Waals surface area (Å²) in [6.07, 6.45) is 2.01. The van der Waals surface area contributed by atoms with Crippen LogP contribution in [-0.4, -0.2) is 11.8 Å². The van der Waals surface area contributed by atoms with Crippen molar-refractivity contribution < 1.29 is 9.59 Å². The molecular weight excluding hydrogens is 312 g/mol. The molecule has 0 spiro atoms. The molecule has 4 heteroatoms. The zero-order chi connectivity index (χ0) is 17.8. The molecule has 25 heavy (non-hydrogen) atoms. The first kappa shape index (κ1) is 17.2. The number of rotatable bonds is 6. The van der Waals surface area contributed by atoms with Gasteiger partial charge in [0.1, 0.15) is 0 Å².